The fourth-order valence-corrected chi connectivity index (χ4v) is 3.52. The van der Waals surface area contributed by atoms with Gasteiger partial charge in [-0.25, -0.2) is 0 Å². The third kappa shape index (κ3) is 8.36. The van der Waals surface area contributed by atoms with Gasteiger partial charge >= 0.3 is 5.96 Å². The molecule has 0 atom stereocenters. The molecule has 0 aromatic heterocycles. The predicted molar refractivity (Wildman–Crippen MR) is 119 cm³/mol. The van der Waals surface area contributed by atoms with E-state index in [4.69, 9.17) is 0 Å². The fraction of sp³-hybridized carbons (Fsp3) is 0.708. The van der Waals surface area contributed by atoms with Gasteiger partial charge in [-0.1, -0.05) is 70.4 Å². The van der Waals surface area contributed by atoms with Crippen molar-refractivity contribution in [1.29, 1.82) is 0 Å². The first kappa shape index (κ1) is 23.5. The second-order valence-electron chi connectivity index (χ2n) is 7.43. The number of unbranched alkanes of at least 4 members (excludes halogenated alkanes) is 3. The van der Waals surface area contributed by atoms with Crippen LogP contribution >= 0.6 is 0 Å². The van der Waals surface area contributed by atoms with Gasteiger partial charge in [0.1, 0.15) is 0 Å². The number of guanidine groups is 1. The largest absolute Gasteiger partial charge is 0.350 e. The van der Waals surface area contributed by atoms with Gasteiger partial charge in [-0.05, 0) is 38.7 Å². The van der Waals surface area contributed by atoms with Crippen LogP contribution in [0.4, 0.5) is 0 Å². The Labute approximate surface area is 169 Å². The van der Waals surface area contributed by atoms with E-state index in [1.54, 1.807) is 0 Å². The van der Waals surface area contributed by atoms with Crippen molar-refractivity contribution in [3.63, 3.8) is 0 Å². The Bertz CT molecular complexity index is 498. The van der Waals surface area contributed by atoms with Crippen LogP contribution in [0.5, 0.6) is 0 Å². The second-order valence-corrected chi connectivity index (χ2v) is 7.43. The highest BCUT2D eigenvalue weighted by Crippen LogP contribution is 2.10. The zero-order chi connectivity index (χ0) is 19.9. The molecule has 0 radical (unpaired) electrons. The molecule has 0 heterocycles. The van der Waals surface area contributed by atoms with Crippen molar-refractivity contribution in [2.75, 3.05) is 32.7 Å². The van der Waals surface area contributed by atoms with Crippen LogP contribution in [0, 0.1) is 0 Å². The van der Waals surface area contributed by atoms with Crippen LogP contribution in [0.3, 0.4) is 0 Å². The molecule has 0 saturated carbocycles. The zero-order valence-electron chi connectivity index (χ0n) is 18.7. The van der Waals surface area contributed by atoms with Crippen LogP contribution in [-0.4, -0.2) is 53.1 Å². The molecule has 1 aromatic rings. The summed E-state index contributed by atoms with van der Waals surface area (Å²) in [7, 11) is 0. The van der Waals surface area contributed by atoms with E-state index in [9.17, 15) is 0 Å². The average Bonchev–Trinajstić information content (AvgIpc) is 2.71. The van der Waals surface area contributed by atoms with Gasteiger partial charge in [0, 0.05) is 0 Å². The molecule has 0 bridgehead atoms. The molecule has 0 N–H and O–H groups in total. The molecule has 0 fully saturated rings. The van der Waals surface area contributed by atoms with Gasteiger partial charge < -0.3 is 0 Å². The quantitative estimate of drug-likeness (QED) is 0.252. The van der Waals surface area contributed by atoms with Gasteiger partial charge in [0.05, 0.1) is 39.3 Å². The SMILES string of the molecule is CCCCN(CCCC)C(N(CC)CC)=[N+](CCCC)Cc1ccccc1. The Morgan fingerprint density at radius 3 is 1.78 bits per heavy atom. The van der Waals surface area contributed by atoms with E-state index in [2.05, 4.69) is 79.3 Å². The lowest BCUT2D eigenvalue weighted by molar-refractivity contribution is -0.554. The van der Waals surface area contributed by atoms with Crippen molar-refractivity contribution in [2.45, 2.75) is 79.7 Å². The first-order chi connectivity index (χ1) is 13.2. The van der Waals surface area contributed by atoms with Crippen LogP contribution in [0.25, 0.3) is 0 Å². The van der Waals surface area contributed by atoms with Gasteiger partial charge in [0.2, 0.25) is 0 Å². The Morgan fingerprint density at radius 1 is 0.741 bits per heavy atom. The molecule has 0 unspecified atom stereocenters. The van der Waals surface area contributed by atoms with Crippen molar-refractivity contribution in [2.24, 2.45) is 0 Å². The third-order valence-corrected chi connectivity index (χ3v) is 5.17. The molecule has 0 aliphatic rings. The monoisotopic (exact) mass is 374 g/mol. The minimum atomic E-state index is 1.00. The maximum atomic E-state index is 2.68. The van der Waals surface area contributed by atoms with Gasteiger partial charge in [-0.2, -0.15) is 0 Å². The fourth-order valence-electron chi connectivity index (χ4n) is 3.52. The van der Waals surface area contributed by atoms with E-state index in [-0.39, 0.29) is 0 Å². The number of hydrogen-bond donors (Lipinski definition) is 0. The average molecular weight is 375 g/mol. The van der Waals surface area contributed by atoms with Gasteiger partial charge in [-0.15, -0.1) is 0 Å². The van der Waals surface area contributed by atoms with Crippen LogP contribution in [0.1, 0.15) is 78.7 Å². The Hall–Kier alpha value is -1.51. The number of nitrogens with zero attached hydrogens (tertiary/aromatic N) is 3. The highest BCUT2D eigenvalue weighted by molar-refractivity contribution is 5.75. The molecule has 0 aliphatic carbocycles. The lowest BCUT2D eigenvalue weighted by Crippen LogP contribution is -2.50. The molecule has 3 heteroatoms. The molecule has 27 heavy (non-hydrogen) atoms. The summed E-state index contributed by atoms with van der Waals surface area (Å²) in [6.45, 7) is 18.1. The van der Waals surface area contributed by atoms with Crippen molar-refractivity contribution < 1.29 is 4.58 Å². The van der Waals surface area contributed by atoms with E-state index >= 15 is 0 Å². The molecule has 3 nitrogen and oxygen atoms in total. The molecule has 1 rings (SSSR count). The van der Waals surface area contributed by atoms with Crippen LogP contribution in [-0.2, 0) is 6.54 Å². The summed E-state index contributed by atoms with van der Waals surface area (Å²) in [5, 5.41) is 0. The predicted octanol–water partition coefficient (Wildman–Crippen LogP) is 5.60. The van der Waals surface area contributed by atoms with E-state index in [1.807, 2.05) is 0 Å². The van der Waals surface area contributed by atoms with E-state index in [1.165, 1.54) is 63.1 Å². The molecule has 154 valence electrons. The van der Waals surface area contributed by atoms with Crippen molar-refractivity contribution >= 4 is 5.96 Å². The minimum absolute atomic E-state index is 1.00. The smallest absolute Gasteiger partial charge is 0.265 e. The normalized spacial score (nSPS) is 12.0. The highest BCUT2D eigenvalue weighted by Gasteiger charge is 2.27. The molecule has 0 saturated heterocycles. The standard InChI is InChI=1S/C24H44N3/c1-6-11-19-26(20-12-7-2)24(25(9-4)10-5)27(21-13-8-3)22-23-17-15-14-16-18-23/h14-18H,6-13,19-22H2,1-5H3/q+1. The Balaban J connectivity index is 3.32. The number of hydrogen-bond acceptors (Lipinski definition) is 0. The Morgan fingerprint density at radius 2 is 1.30 bits per heavy atom. The second kappa shape index (κ2) is 14.5. The van der Waals surface area contributed by atoms with E-state index in [0.29, 0.717) is 0 Å². The Kier molecular flexibility index (Phi) is 12.7. The maximum absolute atomic E-state index is 2.68. The van der Waals surface area contributed by atoms with Crippen molar-refractivity contribution in [3.8, 4) is 0 Å². The molecule has 0 aliphatic heterocycles. The minimum Gasteiger partial charge on any atom is -0.265 e. The van der Waals surface area contributed by atoms with Gasteiger partial charge in [0.15, 0.2) is 0 Å². The summed E-state index contributed by atoms with van der Waals surface area (Å²) < 4.78 is 2.65. The number of benzene rings is 1. The van der Waals surface area contributed by atoms with Crippen molar-refractivity contribution in [1.82, 2.24) is 9.80 Å². The summed E-state index contributed by atoms with van der Waals surface area (Å²) in [4.78, 5) is 5.25. The van der Waals surface area contributed by atoms with E-state index in [0.717, 1.165) is 26.2 Å². The summed E-state index contributed by atoms with van der Waals surface area (Å²) in [5.41, 5.74) is 1.41. The highest BCUT2D eigenvalue weighted by atomic mass is 15.4. The van der Waals surface area contributed by atoms with Gasteiger partial charge in [-0.3, -0.25) is 14.4 Å². The van der Waals surface area contributed by atoms with Crippen LogP contribution in [0.15, 0.2) is 30.3 Å². The lowest BCUT2D eigenvalue weighted by Gasteiger charge is -2.30. The van der Waals surface area contributed by atoms with Gasteiger partial charge in [0.25, 0.3) is 0 Å². The van der Waals surface area contributed by atoms with Crippen LogP contribution < -0.4 is 0 Å². The molecule has 0 amide bonds. The summed E-state index contributed by atoms with van der Waals surface area (Å²) in [6, 6.07) is 11.0. The van der Waals surface area contributed by atoms with Crippen LogP contribution in [0.2, 0.25) is 0 Å². The number of rotatable bonds is 13. The van der Waals surface area contributed by atoms with E-state index < -0.39 is 0 Å². The third-order valence-electron chi connectivity index (χ3n) is 5.17. The summed E-state index contributed by atoms with van der Waals surface area (Å²) >= 11 is 0. The molecular formula is C24H44N3+. The first-order valence-corrected chi connectivity index (χ1v) is 11.4. The summed E-state index contributed by atoms with van der Waals surface area (Å²) in [6.07, 6.45) is 7.51. The topological polar surface area (TPSA) is 9.49 Å². The zero-order valence-corrected chi connectivity index (χ0v) is 18.7. The molecule has 1 aromatic carbocycles. The maximum Gasteiger partial charge on any atom is 0.350 e. The molecular weight excluding hydrogens is 330 g/mol. The van der Waals surface area contributed by atoms with Crippen molar-refractivity contribution in [3.05, 3.63) is 35.9 Å². The molecule has 0 spiro atoms. The summed E-state index contributed by atoms with van der Waals surface area (Å²) in [5.74, 6) is 1.46. The first-order valence-electron chi connectivity index (χ1n) is 11.4. The lowest BCUT2D eigenvalue weighted by atomic mass is 10.2.